The van der Waals surface area contributed by atoms with E-state index in [4.69, 9.17) is 4.74 Å². The normalized spacial score (nSPS) is 14.6. The first kappa shape index (κ1) is 19.6. The third-order valence-corrected chi connectivity index (χ3v) is 5.09. The highest BCUT2D eigenvalue weighted by atomic mass is 16.6. The lowest BCUT2D eigenvalue weighted by Gasteiger charge is -2.28. The van der Waals surface area contributed by atoms with Crippen LogP contribution in [0.15, 0.2) is 54.6 Å². The van der Waals surface area contributed by atoms with Crippen LogP contribution in [0.4, 0.5) is 5.69 Å². The first-order valence-corrected chi connectivity index (χ1v) is 9.34. The molecule has 28 heavy (non-hydrogen) atoms. The van der Waals surface area contributed by atoms with E-state index in [0.29, 0.717) is 18.0 Å². The molecule has 3 rings (SSSR count). The van der Waals surface area contributed by atoms with E-state index in [9.17, 15) is 14.9 Å². The first-order valence-electron chi connectivity index (χ1n) is 9.34. The second-order valence-electron chi connectivity index (χ2n) is 7.08. The maximum atomic E-state index is 12.9. The van der Waals surface area contributed by atoms with Crippen LogP contribution >= 0.6 is 0 Å². The van der Waals surface area contributed by atoms with Crippen molar-refractivity contribution in [1.29, 1.82) is 0 Å². The van der Waals surface area contributed by atoms with E-state index in [1.165, 1.54) is 18.2 Å². The fourth-order valence-corrected chi connectivity index (χ4v) is 3.19. The highest BCUT2D eigenvalue weighted by molar-refractivity contribution is 5.92. The monoisotopic (exact) mass is 380 g/mol. The lowest BCUT2D eigenvalue weighted by molar-refractivity contribution is -0.384. The Balaban J connectivity index is 1.76. The van der Waals surface area contributed by atoms with Crippen molar-refractivity contribution >= 4 is 17.7 Å². The van der Waals surface area contributed by atoms with Gasteiger partial charge in [-0.1, -0.05) is 24.3 Å². The van der Waals surface area contributed by atoms with Crippen molar-refractivity contribution in [2.24, 2.45) is 5.92 Å². The average Bonchev–Trinajstić information content (AvgIpc) is 3.56. The Morgan fingerprint density at radius 3 is 2.61 bits per heavy atom. The Kier molecular flexibility index (Phi) is 6.09. The maximum Gasteiger partial charge on any atom is 0.270 e. The summed E-state index contributed by atoms with van der Waals surface area (Å²) >= 11 is 0. The third kappa shape index (κ3) is 4.97. The number of hydrogen-bond donors (Lipinski definition) is 0. The number of nitro groups is 1. The highest BCUT2D eigenvalue weighted by Gasteiger charge is 2.33. The van der Waals surface area contributed by atoms with E-state index in [-0.39, 0.29) is 17.6 Å². The quantitative estimate of drug-likeness (QED) is 0.385. The van der Waals surface area contributed by atoms with Crippen LogP contribution in [0.25, 0.3) is 6.08 Å². The molecule has 1 atom stereocenters. The van der Waals surface area contributed by atoms with Crippen molar-refractivity contribution in [3.05, 3.63) is 75.8 Å². The molecule has 0 N–H and O–H groups in total. The number of benzene rings is 2. The number of nitrogens with zero attached hydrogens (tertiary/aromatic N) is 2. The van der Waals surface area contributed by atoms with Crippen molar-refractivity contribution in [3.8, 4) is 5.75 Å². The summed E-state index contributed by atoms with van der Waals surface area (Å²) < 4.78 is 5.19. The van der Waals surface area contributed by atoms with Crippen LogP contribution in [-0.4, -0.2) is 28.9 Å². The number of hydrogen-bond acceptors (Lipinski definition) is 4. The minimum absolute atomic E-state index is 0.0102. The number of methoxy groups -OCH3 is 1. The van der Waals surface area contributed by atoms with Gasteiger partial charge in [0.25, 0.3) is 5.69 Å². The fourth-order valence-electron chi connectivity index (χ4n) is 3.19. The zero-order chi connectivity index (χ0) is 20.1. The SMILES string of the molecule is COc1ccc(CN(C(=O)C=Cc2cccc([N+](=O)[O-])c2)C(C)C2CC2)cc1. The molecule has 0 radical (unpaired) electrons. The predicted octanol–water partition coefficient (Wildman–Crippen LogP) is 4.44. The van der Waals surface area contributed by atoms with Gasteiger partial charge in [0.2, 0.25) is 5.91 Å². The summed E-state index contributed by atoms with van der Waals surface area (Å²) in [6.07, 6.45) is 5.42. The number of carbonyl (C=O) groups is 1. The smallest absolute Gasteiger partial charge is 0.270 e. The summed E-state index contributed by atoms with van der Waals surface area (Å²) in [5.74, 6) is 1.22. The Bertz CT molecular complexity index is 872. The summed E-state index contributed by atoms with van der Waals surface area (Å²) in [5.41, 5.74) is 1.67. The van der Waals surface area contributed by atoms with Crippen molar-refractivity contribution in [1.82, 2.24) is 4.90 Å². The van der Waals surface area contributed by atoms with E-state index < -0.39 is 4.92 Å². The number of amides is 1. The van der Waals surface area contributed by atoms with Gasteiger partial charge in [0.15, 0.2) is 0 Å². The van der Waals surface area contributed by atoms with Gasteiger partial charge in [0.1, 0.15) is 5.75 Å². The molecule has 2 aromatic carbocycles. The molecule has 1 amide bonds. The Morgan fingerprint density at radius 1 is 1.29 bits per heavy atom. The van der Waals surface area contributed by atoms with E-state index in [1.807, 2.05) is 29.2 Å². The molecule has 1 fully saturated rings. The molecular formula is C22H24N2O4. The predicted molar refractivity (Wildman–Crippen MR) is 108 cm³/mol. The Hall–Kier alpha value is -3.15. The van der Waals surface area contributed by atoms with Gasteiger partial charge in [-0.05, 0) is 55.0 Å². The summed E-state index contributed by atoms with van der Waals surface area (Å²) in [6.45, 7) is 2.60. The molecule has 6 heteroatoms. The number of rotatable bonds is 8. The zero-order valence-electron chi connectivity index (χ0n) is 16.1. The van der Waals surface area contributed by atoms with Crippen LogP contribution in [0.5, 0.6) is 5.75 Å². The van der Waals surface area contributed by atoms with Gasteiger partial charge >= 0.3 is 0 Å². The average molecular weight is 380 g/mol. The summed E-state index contributed by atoms with van der Waals surface area (Å²) in [7, 11) is 1.62. The number of ether oxygens (including phenoxy) is 1. The molecule has 1 aliphatic rings. The minimum Gasteiger partial charge on any atom is -0.497 e. The third-order valence-electron chi connectivity index (χ3n) is 5.09. The Morgan fingerprint density at radius 2 is 2.00 bits per heavy atom. The maximum absolute atomic E-state index is 12.9. The van der Waals surface area contributed by atoms with Gasteiger partial charge in [0.05, 0.1) is 12.0 Å². The van der Waals surface area contributed by atoms with Gasteiger partial charge in [-0.3, -0.25) is 14.9 Å². The molecule has 0 bridgehead atoms. The minimum atomic E-state index is -0.440. The zero-order valence-corrected chi connectivity index (χ0v) is 16.1. The number of carbonyl (C=O) groups excluding carboxylic acids is 1. The molecule has 0 saturated heterocycles. The van der Waals surface area contributed by atoms with Crippen molar-refractivity contribution in [2.45, 2.75) is 32.4 Å². The molecule has 0 spiro atoms. The number of non-ortho nitro benzene ring substituents is 1. The molecule has 0 heterocycles. The van der Waals surface area contributed by atoms with Crippen molar-refractivity contribution in [2.75, 3.05) is 7.11 Å². The van der Waals surface area contributed by atoms with Gasteiger partial charge in [0, 0.05) is 30.8 Å². The fraction of sp³-hybridized carbons (Fsp3) is 0.318. The molecule has 6 nitrogen and oxygen atoms in total. The summed E-state index contributed by atoms with van der Waals surface area (Å²) in [4.78, 5) is 25.3. The Labute approximate surface area is 164 Å². The first-order chi connectivity index (χ1) is 13.5. The summed E-state index contributed by atoms with van der Waals surface area (Å²) in [5, 5.41) is 10.9. The van der Waals surface area contributed by atoms with E-state index >= 15 is 0 Å². The van der Waals surface area contributed by atoms with Crippen LogP contribution < -0.4 is 4.74 Å². The lowest BCUT2D eigenvalue weighted by Crippen LogP contribution is -2.38. The molecule has 0 aromatic heterocycles. The van der Waals surface area contributed by atoms with Crippen LogP contribution in [0, 0.1) is 16.0 Å². The molecular weight excluding hydrogens is 356 g/mol. The van der Waals surface area contributed by atoms with Crippen LogP contribution in [-0.2, 0) is 11.3 Å². The summed E-state index contributed by atoms with van der Waals surface area (Å²) in [6, 6.07) is 14.1. The topological polar surface area (TPSA) is 72.7 Å². The van der Waals surface area contributed by atoms with Gasteiger partial charge < -0.3 is 9.64 Å². The molecule has 1 aliphatic carbocycles. The van der Waals surface area contributed by atoms with Crippen LogP contribution in [0.3, 0.4) is 0 Å². The highest BCUT2D eigenvalue weighted by Crippen LogP contribution is 2.36. The van der Waals surface area contributed by atoms with Gasteiger partial charge in [-0.2, -0.15) is 0 Å². The molecule has 146 valence electrons. The van der Waals surface area contributed by atoms with Gasteiger partial charge in [-0.25, -0.2) is 0 Å². The second kappa shape index (κ2) is 8.69. The molecule has 1 unspecified atom stereocenters. The van der Waals surface area contributed by atoms with E-state index in [2.05, 4.69) is 6.92 Å². The number of nitro benzene ring substituents is 1. The van der Waals surface area contributed by atoms with Gasteiger partial charge in [-0.15, -0.1) is 0 Å². The largest absolute Gasteiger partial charge is 0.497 e. The molecule has 2 aromatic rings. The van der Waals surface area contributed by atoms with Crippen LogP contribution in [0.1, 0.15) is 30.9 Å². The van der Waals surface area contributed by atoms with E-state index in [0.717, 1.165) is 24.2 Å². The lowest BCUT2D eigenvalue weighted by atomic mass is 10.1. The standard InChI is InChI=1S/C22H24N2O4/c1-16(19-9-10-19)23(15-18-6-11-21(28-2)12-7-18)22(25)13-8-17-4-3-5-20(14-17)24(26)27/h3-8,11-14,16,19H,9-10,15H2,1-2H3. The molecule has 0 aliphatic heterocycles. The van der Waals surface area contributed by atoms with E-state index in [1.54, 1.807) is 25.3 Å². The second-order valence-corrected chi connectivity index (χ2v) is 7.08. The van der Waals surface area contributed by atoms with Crippen molar-refractivity contribution < 1.29 is 14.5 Å². The van der Waals surface area contributed by atoms with Crippen LogP contribution in [0.2, 0.25) is 0 Å². The molecule has 1 saturated carbocycles. The van der Waals surface area contributed by atoms with Crippen molar-refractivity contribution in [3.63, 3.8) is 0 Å².